The van der Waals surface area contributed by atoms with Gasteiger partial charge in [0, 0.05) is 66.9 Å². The van der Waals surface area contributed by atoms with E-state index in [2.05, 4.69) is 15.0 Å². The summed E-state index contributed by atoms with van der Waals surface area (Å²) in [7, 11) is 0. The van der Waals surface area contributed by atoms with Crippen molar-refractivity contribution in [1.29, 1.82) is 0 Å². The van der Waals surface area contributed by atoms with Crippen molar-refractivity contribution < 1.29 is 14.3 Å². The maximum Gasteiger partial charge on any atom is 0.254 e. The second-order valence-corrected chi connectivity index (χ2v) is 8.08. The molecule has 4 heterocycles. The fourth-order valence-corrected chi connectivity index (χ4v) is 4.04. The summed E-state index contributed by atoms with van der Waals surface area (Å²) >= 11 is 0. The standard InChI is InChI=1S/C25H23N5O3/c1-16-5-6-26-22(11-16)19-13-27-24(28-14-19)21-15-30(17(2)31)23-4-3-18(12-20(21)23)25(32)29-7-9-33-10-8-29/h3-6,11-15H,7-10H2,1-2H3. The summed E-state index contributed by atoms with van der Waals surface area (Å²) in [6.45, 7) is 5.72. The van der Waals surface area contributed by atoms with Gasteiger partial charge in [0.1, 0.15) is 0 Å². The smallest absolute Gasteiger partial charge is 0.254 e. The van der Waals surface area contributed by atoms with Crippen molar-refractivity contribution in [2.45, 2.75) is 13.8 Å². The summed E-state index contributed by atoms with van der Waals surface area (Å²) in [4.78, 5) is 40.6. The molecule has 0 spiro atoms. The van der Waals surface area contributed by atoms with Crippen LogP contribution in [0.1, 0.15) is 27.6 Å². The normalized spacial score (nSPS) is 13.9. The molecule has 1 aliphatic heterocycles. The van der Waals surface area contributed by atoms with Gasteiger partial charge in [-0.15, -0.1) is 0 Å². The first kappa shape index (κ1) is 21.0. The largest absolute Gasteiger partial charge is 0.378 e. The number of hydrogen-bond donors (Lipinski definition) is 0. The molecule has 1 aliphatic rings. The Hall–Kier alpha value is -3.91. The molecule has 5 rings (SSSR count). The van der Waals surface area contributed by atoms with Gasteiger partial charge in [-0.25, -0.2) is 9.97 Å². The molecule has 33 heavy (non-hydrogen) atoms. The van der Waals surface area contributed by atoms with Gasteiger partial charge < -0.3 is 9.64 Å². The summed E-state index contributed by atoms with van der Waals surface area (Å²) in [5, 5.41) is 0.755. The van der Waals surface area contributed by atoms with Gasteiger partial charge in [-0.05, 0) is 42.8 Å². The van der Waals surface area contributed by atoms with Crippen molar-refractivity contribution in [1.82, 2.24) is 24.4 Å². The maximum atomic E-state index is 13.0. The third-order valence-corrected chi connectivity index (χ3v) is 5.79. The lowest BCUT2D eigenvalue weighted by Gasteiger charge is -2.26. The monoisotopic (exact) mass is 441 g/mol. The second kappa shape index (κ2) is 8.55. The number of aryl methyl sites for hydroxylation is 1. The zero-order valence-corrected chi connectivity index (χ0v) is 18.5. The van der Waals surface area contributed by atoms with Gasteiger partial charge >= 0.3 is 0 Å². The van der Waals surface area contributed by atoms with E-state index in [1.165, 1.54) is 6.92 Å². The Bertz CT molecular complexity index is 1350. The van der Waals surface area contributed by atoms with Gasteiger partial charge in [0.05, 0.1) is 24.4 Å². The Morgan fingerprint density at radius 2 is 1.76 bits per heavy atom. The van der Waals surface area contributed by atoms with Gasteiger partial charge in [-0.1, -0.05) is 0 Å². The van der Waals surface area contributed by atoms with Crippen molar-refractivity contribution in [3.05, 3.63) is 66.2 Å². The van der Waals surface area contributed by atoms with Crippen LogP contribution in [0, 0.1) is 6.92 Å². The zero-order valence-electron chi connectivity index (χ0n) is 18.5. The second-order valence-electron chi connectivity index (χ2n) is 8.08. The van der Waals surface area contributed by atoms with E-state index in [4.69, 9.17) is 4.74 Å². The van der Waals surface area contributed by atoms with Gasteiger partial charge in [-0.3, -0.25) is 19.1 Å². The Balaban J connectivity index is 1.56. The van der Waals surface area contributed by atoms with Crippen LogP contribution in [0.25, 0.3) is 33.5 Å². The molecule has 3 aromatic heterocycles. The first-order valence-electron chi connectivity index (χ1n) is 10.8. The number of nitrogens with zero attached hydrogens (tertiary/aromatic N) is 5. The SMILES string of the molecule is CC(=O)n1cc(-c2ncc(-c3cc(C)ccn3)cn2)c2cc(C(=O)N3CCOCC3)ccc21. The highest BCUT2D eigenvalue weighted by molar-refractivity contribution is 6.05. The molecule has 0 bridgehead atoms. The Morgan fingerprint density at radius 3 is 2.45 bits per heavy atom. The lowest BCUT2D eigenvalue weighted by atomic mass is 10.1. The zero-order chi connectivity index (χ0) is 22.9. The van der Waals surface area contributed by atoms with E-state index in [0.717, 1.165) is 22.2 Å². The molecular formula is C25H23N5O3. The molecular weight excluding hydrogens is 418 g/mol. The van der Waals surface area contributed by atoms with Crippen molar-refractivity contribution >= 4 is 22.7 Å². The van der Waals surface area contributed by atoms with Gasteiger partial charge in [0.2, 0.25) is 5.91 Å². The van der Waals surface area contributed by atoms with Crippen LogP contribution in [-0.4, -0.2) is 62.5 Å². The van der Waals surface area contributed by atoms with Crippen LogP contribution in [0.4, 0.5) is 0 Å². The molecule has 0 unspecified atom stereocenters. The molecule has 4 aromatic rings. The average Bonchev–Trinajstić information content (AvgIpc) is 3.23. The molecule has 0 N–H and O–H groups in total. The predicted octanol–water partition coefficient (Wildman–Crippen LogP) is 3.60. The number of benzene rings is 1. The number of carbonyl (C=O) groups excluding carboxylic acids is 2. The van der Waals surface area contributed by atoms with Gasteiger partial charge in [-0.2, -0.15) is 0 Å². The van der Waals surface area contributed by atoms with Crippen LogP contribution in [0.5, 0.6) is 0 Å². The first-order valence-corrected chi connectivity index (χ1v) is 10.8. The Kier molecular flexibility index (Phi) is 5.43. The minimum Gasteiger partial charge on any atom is -0.378 e. The third-order valence-electron chi connectivity index (χ3n) is 5.79. The highest BCUT2D eigenvalue weighted by atomic mass is 16.5. The third kappa shape index (κ3) is 4.01. The summed E-state index contributed by atoms with van der Waals surface area (Å²) in [6.07, 6.45) is 6.94. The number of fused-ring (bicyclic) bond motifs is 1. The summed E-state index contributed by atoms with van der Waals surface area (Å²) < 4.78 is 6.92. The van der Waals surface area contributed by atoms with Gasteiger partial charge in [0.15, 0.2) is 5.82 Å². The molecule has 166 valence electrons. The van der Waals surface area contributed by atoms with Crippen LogP contribution >= 0.6 is 0 Å². The predicted molar refractivity (Wildman–Crippen MR) is 124 cm³/mol. The molecule has 1 fully saturated rings. The number of pyridine rings is 1. The lowest BCUT2D eigenvalue weighted by molar-refractivity contribution is 0.0303. The number of rotatable bonds is 3. The fraction of sp³-hybridized carbons (Fsp3) is 0.240. The van der Waals surface area contributed by atoms with Crippen molar-refractivity contribution in [3.63, 3.8) is 0 Å². The minimum absolute atomic E-state index is 0.0523. The van der Waals surface area contributed by atoms with Crippen molar-refractivity contribution in [2.24, 2.45) is 0 Å². The van der Waals surface area contributed by atoms with E-state index in [-0.39, 0.29) is 11.8 Å². The van der Waals surface area contributed by atoms with Crippen LogP contribution in [0.3, 0.4) is 0 Å². The van der Waals surface area contributed by atoms with Gasteiger partial charge in [0.25, 0.3) is 5.91 Å². The maximum absolute atomic E-state index is 13.0. The number of morpholine rings is 1. The first-order chi connectivity index (χ1) is 16.0. The number of hydrogen-bond acceptors (Lipinski definition) is 6. The number of aromatic nitrogens is 4. The molecule has 1 amide bonds. The topological polar surface area (TPSA) is 90.2 Å². The molecule has 1 aromatic carbocycles. The molecule has 0 atom stereocenters. The van der Waals surface area contributed by atoms with Crippen LogP contribution in [0.15, 0.2) is 55.1 Å². The molecule has 0 aliphatic carbocycles. The summed E-state index contributed by atoms with van der Waals surface area (Å²) in [6, 6.07) is 9.30. The van der Waals surface area contributed by atoms with E-state index >= 15 is 0 Å². The lowest BCUT2D eigenvalue weighted by Crippen LogP contribution is -2.40. The van der Waals surface area contributed by atoms with Crippen LogP contribution < -0.4 is 0 Å². The van der Waals surface area contributed by atoms with E-state index < -0.39 is 0 Å². The van der Waals surface area contributed by atoms with E-state index in [1.54, 1.807) is 46.4 Å². The fourth-order valence-electron chi connectivity index (χ4n) is 4.04. The van der Waals surface area contributed by atoms with E-state index in [9.17, 15) is 9.59 Å². The summed E-state index contributed by atoms with van der Waals surface area (Å²) in [5.41, 5.74) is 4.68. The van der Waals surface area contributed by atoms with Crippen molar-refractivity contribution in [3.8, 4) is 22.6 Å². The number of ether oxygens (including phenoxy) is 1. The Labute approximate surface area is 190 Å². The molecule has 1 saturated heterocycles. The van der Waals surface area contributed by atoms with E-state index in [1.807, 2.05) is 25.1 Å². The minimum atomic E-state index is -0.126. The summed E-state index contributed by atoms with van der Waals surface area (Å²) in [5.74, 6) is 0.301. The molecule has 0 saturated carbocycles. The quantitative estimate of drug-likeness (QED) is 0.483. The molecule has 8 nitrogen and oxygen atoms in total. The highest BCUT2D eigenvalue weighted by Crippen LogP contribution is 2.30. The Morgan fingerprint density at radius 1 is 1.00 bits per heavy atom. The van der Waals surface area contributed by atoms with Crippen LogP contribution in [-0.2, 0) is 4.74 Å². The number of amides is 1. The molecule has 8 heteroatoms. The average molecular weight is 441 g/mol. The van der Waals surface area contributed by atoms with Crippen molar-refractivity contribution in [2.75, 3.05) is 26.3 Å². The number of carbonyl (C=O) groups is 2. The molecule has 0 radical (unpaired) electrons. The highest BCUT2D eigenvalue weighted by Gasteiger charge is 2.21. The van der Waals surface area contributed by atoms with E-state index in [0.29, 0.717) is 48.8 Å². The van der Waals surface area contributed by atoms with Crippen LogP contribution in [0.2, 0.25) is 0 Å².